The molecule has 0 atom stereocenters. The summed E-state index contributed by atoms with van der Waals surface area (Å²) in [7, 11) is -3.56. The maximum atomic E-state index is 12.8. The second-order valence-corrected chi connectivity index (χ2v) is 7.91. The van der Waals surface area contributed by atoms with E-state index < -0.39 is 10.0 Å². The van der Waals surface area contributed by atoms with E-state index in [4.69, 9.17) is 0 Å². The largest absolute Gasteiger partial charge is 0.326 e. The Morgan fingerprint density at radius 1 is 1.13 bits per heavy atom. The van der Waals surface area contributed by atoms with E-state index in [0.717, 1.165) is 0 Å². The van der Waals surface area contributed by atoms with Gasteiger partial charge in [-0.15, -0.1) is 0 Å². The molecule has 1 amide bonds. The Balaban J connectivity index is 2.93. The van der Waals surface area contributed by atoms with E-state index in [0.29, 0.717) is 24.8 Å². The molecule has 0 heterocycles. The average Bonchev–Trinajstić information content (AvgIpc) is 2.42. The molecule has 1 rings (SSSR count). The molecule has 0 fully saturated rings. The summed E-state index contributed by atoms with van der Waals surface area (Å²) < 4.78 is 27.1. The fourth-order valence-electron chi connectivity index (χ4n) is 2.17. The van der Waals surface area contributed by atoms with Crippen LogP contribution in [0.2, 0.25) is 0 Å². The summed E-state index contributed by atoms with van der Waals surface area (Å²) in [6, 6.07) is 6.41. The summed E-state index contributed by atoms with van der Waals surface area (Å²) >= 11 is 0. The van der Waals surface area contributed by atoms with Gasteiger partial charge in [0.05, 0.1) is 4.90 Å². The van der Waals surface area contributed by atoms with Gasteiger partial charge in [0.25, 0.3) is 0 Å². The van der Waals surface area contributed by atoms with Crippen LogP contribution in [-0.2, 0) is 14.8 Å². The highest BCUT2D eigenvalue weighted by Crippen LogP contribution is 2.20. The molecule has 6 nitrogen and oxygen atoms in total. The summed E-state index contributed by atoms with van der Waals surface area (Å²) in [5.41, 5.74) is 0.578. The van der Waals surface area contributed by atoms with Gasteiger partial charge in [0.1, 0.15) is 0 Å². The molecule has 0 aliphatic heterocycles. The molecule has 1 aromatic rings. The van der Waals surface area contributed by atoms with Crippen molar-refractivity contribution in [3.8, 4) is 0 Å². The smallest absolute Gasteiger partial charge is 0.243 e. The van der Waals surface area contributed by atoms with E-state index in [1.54, 1.807) is 12.1 Å². The summed E-state index contributed by atoms with van der Waals surface area (Å²) in [5.74, 6) is -0.191. The fraction of sp³-hybridized carbons (Fsp3) is 0.562. The third-order valence-electron chi connectivity index (χ3n) is 3.24. The predicted octanol–water partition coefficient (Wildman–Crippen LogP) is 2.04. The van der Waals surface area contributed by atoms with Crippen LogP contribution in [0.15, 0.2) is 29.2 Å². The number of nitrogens with zero attached hydrogens (tertiary/aromatic N) is 1. The van der Waals surface area contributed by atoms with Crippen molar-refractivity contribution in [1.29, 1.82) is 0 Å². The van der Waals surface area contributed by atoms with Crippen LogP contribution in [0.5, 0.6) is 0 Å². The van der Waals surface area contributed by atoms with E-state index in [1.165, 1.54) is 23.4 Å². The van der Waals surface area contributed by atoms with Gasteiger partial charge >= 0.3 is 0 Å². The molecule has 0 radical (unpaired) electrons. The van der Waals surface area contributed by atoms with Crippen LogP contribution in [0.3, 0.4) is 0 Å². The van der Waals surface area contributed by atoms with E-state index in [1.807, 2.05) is 27.7 Å². The molecule has 7 heteroatoms. The first-order valence-corrected chi connectivity index (χ1v) is 9.21. The first-order chi connectivity index (χ1) is 10.6. The summed E-state index contributed by atoms with van der Waals surface area (Å²) in [6.45, 7) is 10.2. The molecule has 2 N–H and O–H groups in total. The van der Waals surface area contributed by atoms with E-state index in [2.05, 4.69) is 10.6 Å². The van der Waals surface area contributed by atoms with Gasteiger partial charge in [-0.1, -0.05) is 13.8 Å². The van der Waals surface area contributed by atoms with Crippen LogP contribution < -0.4 is 10.6 Å². The summed E-state index contributed by atoms with van der Waals surface area (Å²) in [6.07, 6.45) is 0. The Morgan fingerprint density at radius 2 is 1.70 bits per heavy atom. The first-order valence-electron chi connectivity index (χ1n) is 7.77. The number of anilines is 1. The molecule has 0 aromatic heterocycles. The highest BCUT2D eigenvalue weighted by Gasteiger charge is 2.26. The third kappa shape index (κ3) is 5.93. The molecule has 23 heavy (non-hydrogen) atoms. The van der Waals surface area contributed by atoms with Crippen LogP contribution >= 0.6 is 0 Å². The van der Waals surface area contributed by atoms with Crippen LogP contribution in [0.1, 0.15) is 34.6 Å². The highest BCUT2D eigenvalue weighted by atomic mass is 32.2. The molecule has 0 aliphatic carbocycles. The molecule has 130 valence electrons. The number of nitrogens with one attached hydrogen (secondary N) is 2. The van der Waals surface area contributed by atoms with Crippen molar-refractivity contribution in [3.63, 3.8) is 0 Å². The Bertz CT molecular complexity index is 610. The molecule has 0 saturated carbocycles. The maximum Gasteiger partial charge on any atom is 0.243 e. The second-order valence-electron chi connectivity index (χ2n) is 6.02. The summed E-state index contributed by atoms with van der Waals surface area (Å²) in [5, 5.41) is 5.86. The molecule has 0 aliphatic rings. The highest BCUT2D eigenvalue weighted by molar-refractivity contribution is 7.89. The Hall–Kier alpha value is -1.44. The zero-order valence-corrected chi connectivity index (χ0v) is 15.3. The number of carbonyl (C=O) groups excluding carboxylic acids is 1. The Labute approximate surface area is 139 Å². The Kier molecular flexibility index (Phi) is 7.18. The third-order valence-corrected chi connectivity index (χ3v) is 5.33. The minimum absolute atomic E-state index is 0.135. The van der Waals surface area contributed by atoms with Gasteiger partial charge < -0.3 is 10.6 Å². The maximum absolute atomic E-state index is 12.8. The van der Waals surface area contributed by atoms with Gasteiger partial charge in [-0.2, -0.15) is 4.31 Å². The van der Waals surface area contributed by atoms with Crippen molar-refractivity contribution in [2.24, 2.45) is 0 Å². The van der Waals surface area contributed by atoms with Crippen molar-refractivity contribution >= 4 is 21.6 Å². The lowest BCUT2D eigenvalue weighted by atomic mass is 10.3. The number of carbonyl (C=O) groups is 1. The minimum atomic E-state index is -3.56. The summed E-state index contributed by atoms with van der Waals surface area (Å²) in [4.78, 5) is 11.2. The van der Waals surface area contributed by atoms with Crippen molar-refractivity contribution in [2.45, 2.75) is 51.6 Å². The average molecular weight is 341 g/mol. The van der Waals surface area contributed by atoms with E-state index in [-0.39, 0.29) is 16.8 Å². The van der Waals surface area contributed by atoms with Crippen molar-refractivity contribution in [1.82, 2.24) is 9.62 Å². The van der Waals surface area contributed by atoms with Gasteiger partial charge in [0, 0.05) is 37.8 Å². The SMILES string of the molecule is CC(=O)Nc1ccc(S(=O)(=O)N(CCNC(C)C)C(C)C)cc1. The number of rotatable bonds is 8. The number of amides is 1. The van der Waals surface area contributed by atoms with Gasteiger partial charge in [-0.25, -0.2) is 8.42 Å². The monoisotopic (exact) mass is 341 g/mol. The van der Waals surface area contributed by atoms with Crippen LogP contribution in [0, 0.1) is 0 Å². The van der Waals surface area contributed by atoms with Crippen LogP contribution in [0.25, 0.3) is 0 Å². The van der Waals surface area contributed by atoms with Gasteiger partial charge in [-0.3, -0.25) is 4.79 Å². The normalized spacial score (nSPS) is 12.2. The lowest BCUT2D eigenvalue weighted by molar-refractivity contribution is -0.114. The number of hydrogen-bond donors (Lipinski definition) is 2. The first kappa shape index (κ1) is 19.6. The second kappa shape index (κ2) is 8.42. The van der Waals surface area contributed by atoms with E-state index in [9.17, 15) is 13.2 Å². The van der Waals surface area contributed by atoms with E-state index >= 15 is 0 Å². The van der Waals surface area contributed by atoms with Gasteiger partial charge in [0.2, 0.25) is 15.9 Å². The molecule has 0 bridgehead atoms. The molecule has 1 aromatic carbocycles. The predicted molar refractivity (Wildman–Crippen MR) is 92.9 cm³/mol. The fourth-order valence-corrected chi connectivity index (χ4v) is 3.81. The van der Waals surface area contributed by atoms with Crippen LogP contribution in [-0.4, -0.2) is 43.8 Å². The van der Waals surface area contributed by atoms with Crippen molar-refractivity contribution < 1.29 is 13.2 Å². The Morgan fingerprint density at radius 3 is 2.13 bits per heavy atom. The molecular weight excluding hydrogens is 314 g/mol. The number of benzene rings is 1. The molecule has 0 spiro atoms. The van der Waals surface area contributed by atoms with Gasteiger partial charge in [0.15, 0.2) is 0 Å². The number of hydrogen-bond acceptors (Lipinski definition) is 4. The zero-order valence-electron chi connectivity index (χ0n) is 14.5. The van der Waals surface area contributed by atoms with Crippen molar-refractivity contribution in [3.05, 3.63) is 24.3 Å². The minimum Gasteiger partial charge on any atom is -0.326 e. The lowest BCUT2D eigenvalue weighted by Crippen LogP contribution is -2.42. The molecule has 0 unspecified atom stereocenters. The zero-order chi connectivity index (χ0) is 17.6. The topological polar surface area (TPSA) is 78.5 Å². The standard InChI is InChI=1S/C16H27N3O3S/c1-12(2)17-10-11-19(13(3)4)23(21,22)16-8-6-15(7-9-16)18-14(5)20/h6-9,12-13,17H,10-11H2,1-5H3,(H,18,20). The molecular formula is C16H27N3O3S. The quantitative estimate of drug-likeness (QED) is 0.758. The van der Waals surface area contributed by atoms with Crippen LogP contribution in [0.4, 0.5) is 5.69 Å². The molecule has 0 saturated heterocycles. The van der Waals surface area contributed by atoms with Gasteiger partial charge in [-0.05, 0) is 38.1 Å². The van der Waals surface area contributed by atoms with Crippen molar-refractivity contribution in [2.75, 3.05) is 18.4 Å². The number of sulfonamides is 1. The lowest BCUT2D eigenvalue weighted by Gasteiger charge is -2.26.